The average Bonchev–Trinajstić information content (AvgIpc) is 2.35. The third-order valence-corrected chi connectivity index (χ3v) is 8.61. The molecule has 0 aromatic rings. The van der Waals surface area contributed by atoms with Crippen LogP contribution < -0.4 is 5.73 Å². The predicted molar refractivity (Wildman–Crippen MR) is 73.5 cm³/mol. The van der Waals surface area contributed by atoms with Crippen molar-refractivity contribution in [2.24, 2.45) is 23.7 Å². The Morgan fingerprint density at radius 1 is 1.00 bits per heavy atom. The van der Waals surface area contributed by atoms with Crippen LogP contribution in [0.15, 0.2) is 0 Å². The van der Waals surface area contributed by atoms with Gasteiger partial charge in [0.15, 0.2) is 0 Å². The molecular weight excluding hydrogens is 261 g/mol. The standard InChI is InChI=1S/C14H26NO3P/c1-3-17-19(16,18-4-2)14(15)12-6-10-5-11(8-12)9-13(14)7-10/h10-13H,3-9,15H2,1-2H3/p+1. The number of hydrogen-bond donors (Lipinski definition) is 1. The third kappa shape index (κ3) is 1.95. The average molecular weight is 288 g/mol. The maximum absolute atomic E-state index is 13.3. The van der Waals surface area contributed by atoms with Crippen molar-refractivity contribution < 1.29 is 19.3 Å². The molecule has 4 aliphatic rings. The van der Waals surface area contributed by atoms with Gasteiger partial charge in [0.1, 0.15) is 0 Å². The van der Waals surface area contributed by atoms with Gasteiger partial charge in [-0.3, -0.25) is 4.57 Å². The lowest BCUT2D eigenvalue weighted by Gasteiger charge is -2.57. The van der Waals surface area contributed by atoms with E-state index in [2.05, 4.69) is 5.73 Å². The van der Waals surface area contributed by atoms with Crippen molar-refractivity contribution in [1.29, 1.82) is 0 Å². The molecule has 19 heavy (non-hydrogen) atoms. The third-order valence-electron chi connectivity index (χ3n) is 5.66. The van der Waals surface area contributed by atoms with Gasteiger partial charge in [-0.2, -0.15) is 0 Å². The van der Waals surface area contributed by atoms with E-state index in [-0.39, 0.29) is 0 Å². The van der Waals surface area contributed by atoms with Gasteiger partial charge >= 0.3 is 7.60 Å². The van der Waals surface area contributed by atoms with Crippen LogP contribution in [0.2, 0.25) is 0 Å². The van der Waals surface area contributed by atoms with Crippen LogP contribution in [0.4, 0.5) is 0 Å². The molecule has 0 heterocycles. The van der Waals surface area contributed by atoms with Crippen LogP contribution in [0.1, 0.15) is 46.0 Å². The highest BCUT2D eigenvalue weighted by Gasteiger charge is 2.68. The highest BCUT2D eigenvalue weighted by molar-refractivity contribution is 7.55. The van der Waals surface area contributed by atoms with Gasteiger partial charge < -0.3 is 14.8 Å². The fourth-order valence-corrected chi connectivity index (χ4v) is 7.62. The van der Waals surface area contributed by atoms with Gasteiger partial charge in [0.25, 0.3) is 0 Å². The molecule has 0 aromatic carbocycles. The maximum Gasteiger partial charge on any atom is 0.391 e. The van der Waals surface area contributed by atoms with Gasteiger partial charge in [-0.05, 0) is 57.8 Å². The summed E-state index contributed by atoms with van der Waals surface area (Å²) in [4.78, 5) is 0. The molecule has 0 aromatic heterocycles. The highest BCUT2D eigenvalue weighted by atomic mass is 31.2. The first kappa shape index (κ1) is 14.1. The molecule has 4 fully saturated rings. The van der Waals surface area contributed by atoms with Crippen molar-refractivity contribution >= 4 is 7.60 Å². The van der Waals surface area contributed by atoms with Crippen LogP contribution in [0.25, 0.3) is 0 Å². The molecule has 0 spiro atoms. The van der Waals surface area contributed by atoms with Crippen LogP contribution >= 0.6 is 7.60 Å². The fourth-order valence-electron chi connectivity index (χ4n) is 5.07. The van der Waals surface area contributed by atoms with Gasteiger partial charge in [0.05, 0.1) is 13.2 Å². The molecule has 4 nitrogen and oxygen atoms in total. The summed E-state index contributed by atoms with van der Waals surface area (Å²) >= 11 is 0. The zero-order valence-corrected chi connectivity index (χ0v) is 13.0. The summed E-state index contributed by atoms with van der Waals surface area (Å²) in [6.45, 7) is 4.68. The Bertz CT molecular complexity index is 360. The topological polar surface area (TPSA) is 63.2 Å². The van der Waals surface area contributed by atoms with Crippen molar-refractivity contribution in [1.82, 2.24) is 0 Å². The Morgan fingerprint density at radius 2 is 1.42 bits per heavy atom. The van der Waals surface area contributed by atoms with Crippen LogP contribution in [0, 0.1) is 23.7 Å². The minimum Gasteiger partial charge on any atom is -0.342 e. The molecule has 4 rings (SSSR count). The number of rotatable bonds is 5. The van der Waals surface area contributed by atoms with E-state index in [0.717, 1.165) is 11.8 Å². The Hall–Kier alpha value is 0.110. The molecule has 4 saturated carbocycles. The van der Waals surface area contributed by atoms with E-state index in [9.17, 15) is 4.57 Å². The van der Waals surface area contributed by atoms with E-state index in [0.29, 0.717) is 25.0 Å². The van der Waals surface area contributed by atoms with E-state index < -0.39 is 12.9 Å². The Labute approximate surface area is 115 Å². The molecule has 0 saturated heterocycles. The maximum atomic E-state index is 13.3. The summed E-state index contributed by atoms with van der Waals surface area (Å²) in [5.74, 6) is 2.56. The predicted octanol–water partition coefficient (Wildman–Crippen LogP) is 2.65. The number of hydrogen-bond acceptors (Lipinski definition) is 3. The van der Waals surface area contributed by atoms with Gasteiger partial charge in [-0.25, -0.2) is 0 Å². The van der Waals surface area contributed by atoms with E-state index in [1.165, 1.54) is 32.1 Å². The van der Waals surface area contributed by atoms with Crippen molar-refractivity contribution in [2.45, 2.75) is 51.2 Å². The molecule has 4 aliphatic carbocycles. The van der Waals surface area contributed by atoms with E-state index in [4.69, 9.17) is 9.05 Å². The smallest absolute Gasteiger partial charge is 0.342 e. The largest absolute Gasteiger partial charge is 0.391 e. The second kappa shape index (κ2) is 4.84. The van der Waals surface area contributed by atoms with Crippen LogP contribution in [-0.2, 0) is 13.6 Å². The molecule has 4 bridgehead atoms. The minimum atomic E-state index is -3.10. The van der Waals surface area contributed by atoms with Crippen molar-refractivity contribution in [3.8, 4) is 0 Å². The molecule has 5 heteroatoms. The first-order valence-corrected chi connectivity index (χ1v) is 9.32. The van der Waals surface area contributed by atoms with Gasteiger partial charge in [0.2, 0.25) is 5.28 Å². The summed E-state index contributed by atoms with van der Waals surface area (Å²) in [6.07, 6.45) is 6.11. The lowest BCUT2D eigenvalue weighted by molar-refractivity contribution is -0.493. The fraction of sp³-hybridized carbons (Fsp3) is 1.00. The molecule has 3 N–H and O–H groups in total. The molecule has 0 radical (unpaired) electrons. The van der Waals surface area contributed by atoms with E-state index in [1.54, 1.807) is 0 Å². The summed E-state index contributed by atoms with van der Waals surface area (Å²) < 4.78 is 24.7. The molecule has 0 unspecified atom stereocenters. The van der Waals surface area contributed by atoms with Crippen molar-refractivity contribution in [3.05, 3.63) is 0 Å². The van der Waals surface area contributed by atoms with Crippen LogP contribution in [-0.4, -0.2) is 18.5 Å². The second-order valence-electron chi connectivity index (χ2n) is 6.63. The first-order chi connectivity index (χ1) is 9.03. The van der Waals surface area contributed by atoms with Gasteiger partial charge in [-0.1, -0.05) is 0 Å². The van der Waals surface area contributed by atoms with Crippen molar-refractivity contribution in [3.63, 3.8) is 0 Å². The summed E-state index contributed by atoms with van der Waals surface area (Å²) in [5, 5.41) is -0.480. The summed E-state index contributed by atoms with van der Waals surface area (Å²) in [7, 11) is -3.10. The SMILES string of the molecule is CCOP(=O)(OCC)C1([NH3+])C2CC3CC(C2)CC1C3. The molecule has 110 valence electrons. The minimum absolute atomic E-state index is 0.438. The van der Waals surface area contributed by atoms with E-state index >= 15 is 0 Å². The Morgan fingerprint density at radius 3 is 1.79 bits per heavy atom. The Balaban J connectivity index is 1.94. The zero-order valence-electron chi connectivity index (χ0n) is 12.1. The Kier molecular flexibility index (Phi) is 3.58. The first-order valence-electron chi connectivity index (χ1n) is 7.78. The quantitative estimate of drug-likeness (QED) is 0.791. The van der Waals surface area contributed by atoms with Gasteiger partial charge in [0, 0.05) is 11.8 Å². The lowest BCUT2D eigenvalue weighted by atomic mass is 9.54. The summed E-state index contributed by atoms with van der Waals surface area (Å²) in [5.41, 5.74) is 4.46. The van der Waals surface area contributed by atoms with E-state index in [1.807, 2.05) is 13.8 Å². The lowest BCUT2D eigenvalue weighted by Crippen LogP contribution is -2.82. The highest BCUT2D eigenvalue weighted by Crippen LogP contribution is 2.71. The normalized spacial score (nSPS) is 44.8. The van der Waals surface area contributed by atoms with Crippen LogP contribution in [0.3, 0.4) is 0 Å². The summed E-state index contributed by atoms with van der Waals surface area (Å²) in [6, 6.07) is 0. The zero-order chi connectivity index (χ0) is 13.7. The van der Waals surface area contributed by atoms with Gasteiger partial charge in [-0.15, -0.1) is 0 Å². The van der Waals surface area contributed by atoms with Crippen molar-refractivity contribution in [2.75, 3.05) is 13.2 Å². The molecule has 0 aliphatic heterocycles. The number of quaternary nitrogens is 1. The molecule has 0 atom stereocenters. The van der Waals surface area contributed by atoms with Crippen LogP contribution in [0.5, 0.6) is 0 Å². The monoisotopic (exact) mass is 288 g/mol. The second-order valence-corrected chi connectivity index (χ2v) is 8.97. The molecular formula is C14H27NO3P+. The molecule has 0 amide bonds.